The highest BCUT2D eigenvalue weighted by Gasteiger charge is 2.12. The van der Waals surface area contributed by atoms with E-state index in [1.807, 2.05) is 37.4 Å². The Kier molecular flexibility index (Phi) is 5.31. The molecule has 1 amide bonds. The first-order valence-corrected chi connectivity index (χ1v) is 7.02. The molecule has 0 aliphatic rings. The van der Waals surface area contributed by atoms with E-state index in [-0.39, 0.29) is 10.9 Å². The van der Waals surface area contributed by atoms with Crippen molar-refractivity contribution in [1.29, 1.82) is 0 Å². The summed E-state index contributed by atoms with van der Waals surface area (Å²) in [7, 11) is 1.94. The molecule has 1 atom stereocenters. The maximum Gasteiger partial charge on any atom is 0.279 e. The summed E-state index contributed by atoms with van der Waals surface area (Å²) in [5, 5.41) is 2.89. The van der Waals surface area contributed by atoms with Gasteiger partial charge in [-0.2, -0.15) is 0 Å². The van der Waals surface area contributed by atoms with Gasteiger partial charge in [0.2, 0.25) is 0 Å². The number of hydrogen-bond donors (Lipinski definition) is 2. The summed E-state index contributed by atoms with van der Waals surface area (Å²) < 4.78 is 12.9. The molecule has 5 heteroatoms. The van der Waals surface area contributed by atoms with Gasteiger partial charge in [0.05, 0.1) is 17.8 Å². The smallest absolute Gasteiger partial charge is 0.279 e. The van der Waals surface area contributed by atoms with Crippen molar-refractivity contribution in [1.82, 2.24) is 0 Å². The summed E-state index contributed by atoms with van der Waals surface area (Å²) >= 11 is 5.88. The summed E-state index contributed by atoms with van der Waals surface area (Å²) in [5.41, 5.74) is 1.60. The van der Waals surface area contributed by atoms with E-state index in [1.54, 1.807) is 0 Å². The lowest BCUT2D eigenvalue weighted by Crippen LogP contribution is -3.08. The Hall–Kier alpha value is -1.91. The number of benzene rings is 2. The number of likely N-dealkylation sites (N-methyl/N-ethyl adjacent to an activating group) is 1. The molecule has 0 aromatic heterocycles. The molecule has 0 aliphatic carbocycles. The summed E-state index contributed by atoms with van der Waals surface area (Å²) in [6.07, 6.45) is 0. The van der Waals surface area contributed by atoms with Gasteiger partial charge in [0.15, 0.2) is 6.54 Å². The van der Waals surface area contributed by atoms with E-state index in [4.69, 9.17) is 11.6 Å². The van der Waals surface area contributed by atoms with Gasteiger partial charge in [-0.05, 0) is 18.2 Å². The van der Waals surface area contributed by atoms with Crippen molar-refractivity contribution < 1.29 is 14.1 Å². The van der Waals surface area contributed by atoms with Crippen LogP contribution in [-0.2, 0) is 11.3 Å². The third kappa shape index (κ3) is 4.85. The molecule has 2 N–H and O–H groups in total. The molecule has 0 saturated carbocycles. The van der Waals surface area contributed by atoms with Gasteiger partial charge in [-0.3, -0.25) is 4.79 Å². The Morgan fingerprint density at radius 2 is 1.95 bits per heavy atom. The maximum atomic E-state index is 12.9. The fraction of sp³-hybridized carbons (Fsp3) is 0.188. The predicted molar refractivity (Wildman–Crippen MR) is 81.9 cm³/mol. The van der Waals surface area contributed by atoms with Crippen LogP contribution in [-0.4, -0.2) is 19.5 Å². The summed E-state index contributed by atoms with van der Waals surface area (Å²) in [4.78, 5) is 13.0. The number of halogens is 2. The van der Waals surface area contributed by atoms with Crippen LogP contribution in [0.3, 0.4) is 0 Å². The van der Waals surface area contributed by atoms with Gasteiger partial charge in [-0.15, -0.1) is 0 Å². The van der Waals surface area contributed by atoms with Crippen molar-refractivity contribution in [2.75, 3.05) is 18.9 Å². The second kappa shape index (κ2) is 7.20. The molecular weight excluding hydrogens is 291 g/mol. The Morgan fingerprint density at radius 1 is 1.24 bits per heavy atom. The third-order valence-corrected chi connectivity index (χ3v) is 3.33. The van der Waals surface area contributed by atoms with Gasteiger partial charge in [0, 0.05) is 5.56 Å². The van der Waals surface area contributed by atoms with Crippen molar-refractivity contribution in [3.8, 4) is 0 Å². The number of amides is 1. The van der Waals surface area contributed by atoms with Crippen molar-refractivity contribution in [3.63, 3.8) is 0 Å². The average molecular weight is 308 g/mol. The minimum absolute atomic E-state index is 0.156. The van der Waals surface area contributed by atoms with Gasteiger partial charge in [0.1, 0.15) is 12.4 Å². The average Bonchev–Trinajstić information content (AvgIpc) is 2.43. The molecule has 0 aliphatic heterocycles. The first kappa shape index (κ1) is 15.5. The Balaban J connectivity index is 1.89. The van der Waals surface area contributed by atoms with Crippen molar-refractivity contribution in [2.45, 2.75) is 6.54 Å². The second-order valence-electron chi connectivity index (χ2n) is 4.97. The Labute approximate surface area is 128 Å². The fourth-order valence-electron chi connectivity index (χ4n) is 2.07. The highest BCUT2D eigenvalue weighted by Crippen LogP contribution is 2.21. The highest BCUT2D eigenvalue weighted by molar-refractivity contribution is 6.33. The number of carbonyl (C=O) groups excluding carboxylic acids is 1. The lowest BCUT2D eigenvalue weighted by molar-refractivity contribution is -0.885. The zero-order valence-corrected chi connectivity index (χ0v) is 12.5. The molecule has 0 heterocycles. The lowest BCUT2D eigenvalue weighted by atomic mass is 10.2. The Morgan fingerprint density at radius 3 is 2.62 bits per heavy atom. The van der Waals surface area contributed by atoms with Gasteiger partial charge in [-0.25, -0.2) is 4.39 Å². The molecule has 2 rings (SSSR count). The molecule has 0 spiro atoms. The Bertz CT molecular complexity index is 619. The van der Waals surface area contributed by atoms with Crippen LogP contribution < -0.4 is 10.2 Å². The van der Waals surface area contributed by atoms with Gasteiger partial charge >= 0.3 is 0 Å². The molecule has 3 nitrogen and oxygen atoms in total. The number of carbonyl (C=O) groups is 1. The van der Waals surface area contributed by atoms with Gasteiger partial charge < -0.3 is 10.2 Å². The minimum atomic E-state index is -0.426. The van der Waals surface area contributed by atoms with Crippen LogP contribution in [0.4, 0.5) is 10.1 Å². The van der Waals surface area contributed by atoms with Crippen LogP contribution in [0.25, 0.3) is 0 Å². The van der Waals surface area contributed by atoms with Crippen molar-refractivity contribution >= 4 is 23.2 Å². The third-order valence-electron chi connectivity index (χ3n) is 3.02. The van der Waals surface area contributed by atoms with Crippen LogP contribution in [0.2, 0.25) is 5.02 Å². The molecule has 1 unspecified atom stereocenters. The summed E-state index contributed by atoms with van der Waals surface area (Å²) in [6, 6.07) is 13.9. The van der Waals surface area contributed by atoms with Crippen LogP contribution in [0.1, 0.15) is 5.56 Å². The van der Waals surface area contributed by atoms with Crippen LogP contribution in [0.15, 0.2) is 48.5 Å². The number of rotatable bonds is 5. The monoisotopic (exact) mass is 307 g/mol. The van der Waals surface area contributed by atoms with E-state index in [9.17, 15) is 9.18 Å². The first-order chi connectivity index (χ1) is 10.0. The molecule has 0 fully saturated rings. The largest absolute Gasteiger partial charge is 0.326 e. The van der Waals surface area contributed by atoms with E-state index < -0.39 is 5.82 Å². The van der Waals surface area contributed by atoms with E-state index in [0.29, 0.717) is 12.2 Å². The molecule has 0 saturated heterocycles. The SMILES string of the molecule is C[NH+](CC(=O)Nc1ccc(F)cc1Cl)Cc1ccccc1. The molecule has 0 radical (unpaired) electrons. The van der Waals surface area contributed by atoms with Crippen molar-refractivity contribution in [3.05, 3.63) is 64.9 Å². The number of hydrogen-bond acceptors (Lipinski definition) is 1. The van der Waals surface area contributed by atoms with E-state index in [0.717, 1.165) is 11.4 Å². The van der Waals surface area contributed by atoms with Crippen LogP contribution >= 0.6 is 11.6 Å². The molecule has 21 heavy (non-hydrogen) atoms. The number of anilines is 1. The van der Waals surface area contributed by atoms with Gasteiger partial charge in [0.25, 0.3) is 5.91 Å². The molecule has 0 bridgehead atoms. The summed E-state index contributed by atoms with van der Waals surface area (Å²) in [5.74, 6) is -0.582. The molecular formula is C16H17ClFN2O+. The number of quaternary nitrogens is 1. The zero-order chi connectivity index (χ0) is 15.2. The normalized spacial score (nSPS) is 12.0. The highest BCUT2D eigenvalue weighted by atomic mass is 35.5. The zero-order valence-electron chi connectivity index (χ0n) is 11.7. The molecule has 110 valence electrons. The topological polar surface area (TPSA) is 33.5 Å². The predicted octanol–water partition coefficient (Wildman–Crippen LogP) is 2.13. The second-order valence-corrected chi connectivity index (χ2v) is 5.38. The first-order valence-electron chi connectivity index (χ1n) is 6.65. The lowest BCUT2D eigenvalue weighted by Gasteiger charge is -2.14. The standard InChI is InChI=1S/C16H16ClFN2O/c1-20(10-12-5-3-2-4-6-12)11-16(21)19-15-8-7-13(18)9-14(15)17/h2-9H,10-11H2,1H3,(H,19,21)/p+1. The van der Waals surface area contributed by atoms with Crippen LogP contribution in [0, 0.1) is 5.82 Å². The minimum Gasteiger partial charge on any atom is -0.326 e. The van der Waals surface area contributed by atoms with Crippen LogP contribution in [0.5, 0.6) is 0 Å². The number of nitrogens with one attached hydrogen (secondary N) is 2. The summed E-state index contributed by atoms with van der Waals surface area (Å²) in [6.45, 7) is 1.06. The fourth-order valence-corrected chi connectivity index (χ4v) is 2.28. The van der Waals surface area contributed by atoms with E-state index in [2.05, 4.69) is 5.32 Å². The van der Waals surface area contributed by atoms with E-state index in [1.165, 1.54) is 23.8 Å². The van der Waals surface area contributed by atoms with Crippen molar-refractivity contribution in [2.24, 2.45) is 0 Å². The molecule has 2 aromatic rings. The van der Waals surface area contributed by atoms with Gasteiger partial charge in [-0.1, -0.05) is 41.9 Å². The quantitative estimate of drug-likeness (QED) is 0.872. The van der Waals surface area contributed by atoms with E-state index >= 15 is 0 Å². The maximum absolute atomic E-state index is 12.9. The molecule has 2 aromatic carbocycles.